The van der Waals surface area contributed by atoms with E-state index in [1.54, 1.807) is 6.20 Å². The topological polar surface area (TPSA) is 56.2 Å². The molecule has 1 saturated carbocycles. The number of rotatable bonds is 3. The smallest absolute Gasteiger partial charge is 0.181 e. The van der Waals surface area contributed by atoms with E-state index in [0.717, 1.165) is 33.9 Å². The van der Waals surface area contributed by atoms with Gasteiger partial charge in [0.15, 0.2) is 12.2 Å². The highest BCUT2D eigenvalue weighted by molar-refractivity contribution is 6.35. The Hall–Kier alpha value is -3.18. The Morgan fingerprint density at radius 2 is 1.97 bits per heavy atom. The lowest BCUT2D eigenvalue weighted by atomic mass is 9.65. The Labute approximate surface area is 191 Å². The fourth-order valence-electron chi connectivity index (χ4n) is 4.97. The summed E-state index contributed by atoms with van der Waals surface area (Å²) >= 11 is 6.67. The van der Waals surface area contributed by atoms with Crippen LogP contribution in [-0.2, 0) is 5.41 Å². The third kappa shape index (κ3) is 2.88. The number of nitrogens with zero attached hydrogens (tertiary/aromatic N) is 4. The largest absolute Gasteiger partial charge is 0.442 e. The van der Waals surface area contributed by atoms with E-state index in [0.29, 0.717) is 10.8 Å². The van der Waals surface area contributed by atoms with Crippen LogP contribution in [-0.4, -0.2) is 20.2 Å². The van der Waals surface area contributed by atoms with E-state index in [9.17, 15) is 0 Å². The maximum Gasteiger partial charge on any atom is 0.181 e. The molecule has 0 radical (unpaired) electrons. The number of hydrogen-bond donors (Lipinski definition) is 0. The lowest BCUT2D eigenvalue weighted by molar-refractivity contribution is 0.272. The SMILES string of the molecule is C[C@H]1N=C(c2ccccc2Cl)c2cc(C3(C)CCC3)ccc2-n2cnc(-c3cnco3)c21. The van der Waals surface area contributed by atoms with Gasteiger partial charge in [-0.3, -0.25) is 9.56 Å². The van der Waals surface area contributed by atoms with Crippen molar-refractivity contribution in [2.75, 3.05) is 0 Å². The standard InChI is InChI=1S/C26H23ClN4O/c1-16-25-24(22-13-28-15-32-22)29-14-31(25)21-9-8-17(26(2)10-5-11-26)12-19(21)23(30-16)18-6-3-4-7-20(18)27/h3-4,6-9,12-16H,5,10-11H2,1-2H3/t16-/m1/s1. The molecule has 1 atom stereocenters. The fraction of sp³-hybridized carbons (Fsp3) is 0.269. The molecule has 0 spiro atoms. The average molecular weight is 443 g/mol. The van der Waals surface area contributed by atoms with Crippen molar-refractivity contribution >= 4 is 17.3 Å². The van der Waals surface area contributed by atoms with E-state index in [-0.39, 0.29) is 11.5 Å². The van der Waals surface area contributed by atoms with Crippen molar-refractivity contribution in [2.45, 2.75) is 44.6 Å². The summed E-state index contributed by atoms with van der Waals surface area (Å²) in [5, 5.41) is 0.699. The maximum atomic E-state index is 6.67. The number of benzene rings is 2. The van der Waals surface area contributed by atoms with Gasteiger partial charge in [0.05, 0.1) is 29.3 Å². The molecule has 1 fully saturated rings. The van der Waals surface area contributed by atoms with Gasteiger partial charge in [-0.1, -0.05) is 49.2 Å². The van der Waals surface area contributed by atoms with Crippen LogP contribution in [0.5, 0.6) is 0 Å². The highest BCUT2D eigenvalue weighted by Gasteiger charge is 2.35. The molecule has 32 heavy (non-hydrogen) atoms. The second-order valence-corrected chi connectivity index (χ2v) is 9.40. The van der Waals surface area contributed by atoms with Gasteiger partial charge in [0.25, 0.3) is 0 Å². The summed E-state index contributed by atoms with van der Waals surface area (Å²) in [6.45, 7) is 4.44. The summed E-state index contributed by atoms with van der Waals surface area (Å²) < 4.78 is 7.72. The van der Waals surface area contributed by atoms with Crippen LogP contribution in [0.15, 0.2) is 70.8 Å². The number of halogens is 1. The van der Waals surface area contributed by atoms with Gasteiger partial charge >= 0.3 is 0 Å². The zero-order valence-corrected chi connectivity index (χ0v) is 18.8. The van der Waals surface area contributed by atoms with Gasteiger partial charge in [0.2, 0.25) is 0 Å². The van der Waals surface area contributed by atoms with Crippen LogP contribution in [0.25, 0.3) is 17.1 Å². The molecule has 6 heteroatoms. The van der Waals surface area contributed by atoms with Crippen LogP contribution in [0, 0.1) is 0 Å². The highest BCUT2D eigenvalue weighted by Crippen LogP contribution is 2.45. The molecular formula is C26H23ClN4O. The summed E-state index contributed by atoms with van der Waals surface area (Å²) in [7, 11) is 0. The van der Waals surface area contributed by atoms with Crippen molar-refractivity contribution in [2.24, 2.45) is 4.99 Å². The van der Waals surface area contributed by atoms with Crippen molar-refractivity contribution < 1.29 is 4.42 Å². The van der Waals surface area contributed by atoms with Gasteiger partial charge in [-0.05, 0) is 48.9 Å². The lowest BCUT2D eigenvalue weighted by Gasteiger charge is -2.39. The van der Waals surface area contributed by atoms with Crippen LogP contribution >= 0.6 is 11.6 Å². The van der Waals surface area contributed by atoms with E-state index in [4.69, 9.17) is 21.0 Å². The molecule has 2 aliphatic rings. The number of fused-ring (bicyclic) bond motifs is 3. The number of oxazole rings is 1. The summed E-state index contributed by atoms with van der Waals surface area (Å²) in [5.74, 6) is 0.641. The van der Waals surface area contributed by atoms with Crippen LogP contribution in [0.2, 0.25) is 5.02 Å². The predicted octanol–water partition coefficient (Wildman–Crippen LogP) is 6.53. The second kappa shape index (κ2) is 7.17. The molecule has 2 aromatic carbocycles. The maximum absolute atomic E-state index is 6.67. The van der Waals surface area contributed by atoms with Gasteiger partial charge in [-0.25, -0.2) is 9.97 Å². The molecule has 160 valence electrons. The van der Waals surface area contributed by atoms with E-state index in [1.165, 1.54) is 31.2 Å². The number of aromatic nitrogens is 3. The minimum absolute atomic E-state index is 0.154. The molecule has 2 aromatic heterocycles. The summed E-state index contributed by atoms with van der Waals surface area (Å²) in [6, 6.07) is 14.6. The van der Waals surface area contributed by atoms with Crippen LogP contribution in [0.1, 0.15) is 61.5 Å². The molecule has 4 aromatic rings. The molecular weight excluding hydrogens is 420 g/mol. The van der Waals surface area contributed by atoms with E-state index >= 15 is 0 Å². The third-order valence-corrected chi connectivity index (χ3v) is 7.31. The van der Waals surface area contributed by atoms with Gasteiger partial charge in [0, 0.05) is 16.1 Å². The first-order chi connectivity index (χ1) is 15.5. The molecule has 6 rings (SSSR count). The van der Waals surface area contributed by atoms with E-state index in [1.807, 2.05) is 30.6 Å². The molecule has 3 heterocycles. The first kappa shape index (κ1) is 19.5. The molecule has 0 N–H and O–H groups in total. The van der Waals surface area contributed by atoms with Crippen molar-refractivity contribution in [1.29, 1.82) is 0 Å². The van der Waals surface area contributed by atoms with Gasteiger partial charge < -0.3 is 4.42 Å². The van der Waals surface area contributed by atoms with Crippen molar-refractivity contribution in [1.82, 2.24) is 14.5 Å². The molecule has 0 amide bonds. The van der Waals surface area contributed by atoms with Gasteiger partial charge in [-0.15, -0.1) is 0 Å². The van der Waals surface area contributed by atoms with Crippen molar-refractivity contribution in [3.05, 3.63) is 88.8 Å². The van der Waals surface area contributed by atoms with Crippen LogP contribution in [0.4, 0.5) is 0 Å². The first-order valence-corrected chi connectivity index (χ1v) is 11.4. The zero-order chi connectivity index (χ0) is 21.9. The number of hydrogen-bond acceptors (Lipinski definition) is 4. The van der Waals surface area contributed by atoms with E-state index in [2.05, 4.69) is 46.6 Å². The minimum atomic E-state index is -0.154. The predicted molar refractivity (Wildman–Crippen MR) is 126 cm³/mol. The monoisotopic (exact) mass is 442 g/mol. The first-order valence-electron chi connectivity index (χ1n) is 11.0. The highest BCUT2D eigenvalue weighted by atomic mass is 35.5. The molecule has 5 nitrogen and oxygen atoms in total. The lowest BCUT2D eigenvalue weighted by Crippen LogP contribution is -2.30. The second-order valence-electron chi connectivity index (χ2n) is 8.99. The molecule has 1 aliphatic carbocycles. The molecule has 0 saturated heterocycles. The fourth-order valence-corrected chi connectivity index (χ4v) is 5.20. The average Bonchev–Trinajstić information content (AvgIpc) is 3.43. The summed E-state index contributed by atoms with van der Waals surface area (Å²) in [5.41, 5.74) is 7.31. The number of aliphatic imine (C=N–C) groups is 1. The van der Waals surface area contributed by atoms with Crippen molar-refractivity contribution in [3.63, 3.8) is 0 Å². The van der Waals surface area contributed by atoms with Crippen LogP contribution in [0.3, 0.4) is 0 Å². The Bertz CT molecular complexity index is 1350. The Morgan fingerprint density at radius 1 is 1.12 bits per heavy atom. The Balaban J connectivity index is 1.63. The van der Waals surface area contributed by atoms with Gasteiger partial charge in [-0.2, -0.15) is 0 Å². The van der Waals surface area contributed by atoms with Crippen LogP contribution < -0.4 is 0 Å². The Kier molecular flexibility index (Phi) is 4.37. The third-order valence-electron chi connectivity index (χ3n) is 6.98. The van der Waals surface area contributed by atoms with Crippen molar-refractivity contribution in [3.8, 4) is 17.1 Å². The molecule has 0 unspecified atom stereocenters. The summed E-state index contributed by atoms with van der Waals surface area (Å²) in [4.78, 5) is 14.0. The van der Waals surface area contributed by atoms with Gasteiger partial charge in [0.1, 0.15) is 12.0 Å². The molecule has 1 aliphatic heterocycles. The minimum Gasteiger partial charge on any atom is -0.442 e. The quantitative estimate of drug-likeness (QED) is 0.362. The Morgan fingerprint density at radius 3 is 2.69 bits per heavy atom. The molecule has 0 bridgehead atoms. The normalized spacial score (nSPS) is 18.8. The van der Waals surface area contributed by atoms with E-state index < -0.39 is 0 Å². The zero-order valence-electron chi connectivity index (χ0n) is 18.0. The summed E-state index contributed by atoms with van der Waals surface area (Å²) in [6.07, 6.45) is 8.70. The number of imidazole rings is 1.